The molecule has 84 valence electrons. The minimum Gasteiger partial charge on any atom is -0.399 e. The largest absolute Gasteiger partial charge is 0.399 e. The first-order chi connectivity index (χ1) is 7.65. The van der Waals surface area contributed by atoms with Crippen LogP contribution in [0.4, 0.5) is 10.1 Å². The Kier molecular flexibility index (Phi) is 3.40. The van der Waals surface area contributed by atoms with Crippen molar-refractivity contribution < 1.29 is 4.39 Å². The molecular formula is C10H10FN3S2. The lowest BCUT2D eigenvalue weighted by atomic mass is 10.2. The summed E-state index contributed by atoms with van der Waals surface area (Å²) in [4.78, 5) is 4.20. The molecule has 0 saturated heterocycles. The summed E-state index contributed by atoms with van der Waals surface area (Å²) in [6, 6.07) is 4.73. The van der Waals surface area contributed by atoms with Crippen LogP contribution in [0.1, 0.15) is 11.4 Å². The maximum absolute atomic E-state index is 13.4. The van der Waals surface area contributed by atoms with E-state index in [-0.39, 0.29) is 5.82 Å². The molecule has 6 heteroatoms. The summed E-state index contributed by atoms with van der Waals surface area (Å²) in [5, 5.41) is 0. The lowest BCUT2D eigenvalue weighted by Crippen LogP contribution is -1.91. The number of hydrogen-bond acceptors (Lipinski definition) is 5. The van der Waals surface area contributed by atoms with Gasteiger partial charge < -0.3 is 5.73 Å². The van der Waals surface area contributed by atoms with Gasteiger partial charge in [-0.05, 0) is 36.2 Å². The van der Waals surface area contributed by atoms with Crippen molar-refractivity contribution >= 4 is 29.0 Å². The molecule has 2 aromatic rings. The number of nitrogens with two attached hydrogens (primary N) is 1. The van der Waals surface area contributed by atoms with Gasteiger partial charge in [-0.2, -0.15) is 4.37 Å². The predicted molar refractivity (Wildman–Crippen MR) is 65.0 cm³/mol. The lowest BCUT2D eigenvalue weighted by molar-refractivity contribution is 0.618. The molecular weight excluding hydrogens is 245 g/mol. The number of nitrogens with zero attached hydrogens (tertiary/aromatic N) is 2. The number of halogens is 1. The Morgan fingerprint density at radius 2 is 2.31 bits per heavy atom. The number of aryl methyl sites for hydroxylation is 1. The van der Waals surface area contributed by atoms with Crippen LogP contribution in [-0.4, -0.2) is 9.36 Å². The molecule has 0 unspecified atom stereocenters. The highest BCUT2D eigenvalue weighted by Crippen LogP contribution is 2.25. The van der Waals surface area contributed by atoms with E-state index in [1.54, 1.807) is 12.1 Å². The second-order valence-electron chi connectivity index (χ2n) is 3.25. The number of anilines is 1. The Bertz CT molecular complexity index is 499. The van der Waals surface area contributed by atoms with Gasteiger partial charge in [0.25, 0.3) is 0 Å². The van der Waals surface area contributed by atoms with Gasteiger partial charge in [-0.1, -0.05) is 17.8 Å². The second-order valence-corrected chi connectivity index (χ2v) is 5.22. The smallest absolute Gasteiger partial charge is 0.170 e. The van der Waals surface area contributed by atoms with E-state index in [9.17, 15) is 4.39 Å². The Balaban J connectivity index is 2.04. The maximum atomic E-state index is 13.4. The zero-order chi connectivity index (χ0) is 11.5. The van der Waals surface area contributed by atoms with Crippen LogP contribution >= 0.6 is 23.3 Å². The summed E-state index contributed by atoms with van der Waals surface area (Å²) in [5.41, 5.74) is 6.55. The quantitative estimate of drug-likeness (QED) is 0.677. The molecule has 0 saturated carbocycles. The zero-order valence-electron chi connectivity index (χ0n) is 8.61. The van der Waals surface area contributed by atoms with Gasteiger partial charge in [-0.25, -0.2) is 9.37 Å². The fourth-order valence-corrected chi connectivity index (χ4v) is 2.79. The molecule has 1 heterocycles. The molecule has 16 heavy (non-hydrogen) atoms. The van der Waals surface area contributed by atoms with Gasteiger partial charge in [-0.3, -0.25) is 0 Å². The van der Waals surface area contributed by atoms with Crippen LogP contribution in [0.25, 0.3) is 0 Å². The number of benzene rings is 1. The van der Waals surface area contributed by atoms with Crippen molar-refractivity contribution in [3.8, 4) is 0 Å². The molecule has 0 spiro atoms. The van der Waals surface area contributed by atoms with Gasteiger partial charge in [0.05, 0.1) is 0 Å². The van der Waals surface area contributed by atoms with E-state index in [2.05, 4.69) is 9.36 Å². The lowest BCUT2D eigenvalue weighted by Gasteiger charge is -2.01. The number of nitrogen functional groups attached to an aromatic ring is 1. The van der Waals surface area contributed by atoms with Crippen molar-refractivity contribution in [2.24, 2.45) is 0 Å². The second kappa shape index (κ2) is 4.80. The van der Waals surface area contributed by atoms with Crippen molar-refractivity contribution in [3.05, 3.63) is 35.4 Å². The van der Waals surface area contributed by atoms with Crippen molar-refractivity contribution in [2.75, 3.05) is 5.73 Å². The van der Waals surface area contributed by atoms with Crippen LogP contribution in [0.3, 0.4) is 0 Å². The first kappa shape index (κ1) is 11.3. The molecule has 0 aliphatic carbocycles. The number of rotatable bonds is 3. The number of thioether (sulfide) groups is 1. The first-order valence-corrected chi connectivity index (χ1v) is 6.38. The summed E-state index contributed by atoms with van der Waals surface area (Å²) in [6.45, 7) is 1.84. The van der Waals surface area contributed by atoms with E-state index < -0.39 is 0 Å². The van der Waals surface area contributed by atoms with Gasteiger partial charge in [0.2, 0.25) is 0 Å². The molecule has 1 aromatic heterocycles. The van der Waals surface area contributed by atoms with Crippen molar-refractivity contribution in [3.63, 3.8) is 0 Å². The van der Waals surface area contributed by atoms with Crippen molar-refractivity contribution in [2.45, 2.75) is 17.0 Å². The van der Waals surface area contributed by atoms with Gasteiger partial charge >= 0.3 is 0 Å². The molecule has 0 fully saturated rings. The summed E-state index contributed by atoms with van der Waals surface area (Å²) < 4.78 is 18.3. The molecule has 2 rings (SSSR count). The highest BCUT2D eigenvalue weighted by atomic mass is 32.2. The van der Waals surface area contributed by atoms with E-state index in [1.165, 1.54) is 29.4 Å². The number of hydrogen-bond donors (Lipinski definition) is 1. The zero-order valence-corrected chi connectivity index (χ0v) is 10.2. The van der Waals surface area contributed by atoms with Crippen LogP contribution in [0.15, 0.2) is 22.5 Å². The van der Waals surface area contributed by atoms with Gasteiger partial charge in [-0.15, -0.1) is 0 Å². The van der Waals surface area contributed by atoms with Crippen LogP contribution in [0, 0.1) is 12.7 Å². The Labute approximate surface area is 101 Å². The molecule has 0 aliphatic rings. The third-order valence-corrected chi connectivity index (χ3v) is 3.91. The first-order valence-electron chi connectivity index (χ1n) is 4.62. The predicted octanol–water partition coefficient (Wildman–Crippen LogP) is 2.86. The minimum absolute atomic E-state index is 0.270. The fraction of sp³-hybridized carbons (Fsp3) is 0.200. The van der Waals surface area contributed by atoms with Crippen molar-refractivity contribution in [1.82, 2.24) is 9.36 Å². The van der Waals surface area contributed by atoms with E-state index in [1.807, 2.05) is 6.92 Å². The molecule has 0 bridgehead atoms. The van der Waals surface area contributed by atoms with E-state index in [0.717, 1.165) is 10.2 Å². The van der Waals surface area contributed by atoms with Gasteiger partial charge in [0, 0.05) is 11.4 Å². The molecule has 0 aliphatic heterocycles. The SMILES string of the molecule is Cc1nsc(SCc2ccc(N)cc2F)n1. The normalized spacial score (nSPS) is 10.6. The van der Waals surface area contributed by atoms with E-state index in [0.29, 0.717) is 17.0 Å². The fourth-order valence-electron chi connectivity index (χ4n) is 1.16. The standard InChI is InChI=1S/C10H10FN3S2/c1-6-13-10(16-14-6)15-5-7-2-3-8(12)4-9(7)11/h2-4H,5,12H2,1H3. The molecule has 1 aromatic carbocycles. The van der Waals surface area contributed by atoms with Gasteiger partial charge in [0.15, 0.2) is 4.34 Å². The topological polar surface area (TPSA) is 51.8 Å². The minimum atomic E-state index is -0.270. The molecule has 0 amide bonds. The monoisotopic (exact) mass is 255 g/mol. The van der Waals surface area contributed by atoms with E-state index in [4.69, 9.17) is 5.73 Å². The van der Waals surface area contributed by atoms with Crippen LogP contribution in [0.2, 0.25) is 0 Å². The van der Waals surface area contributed by atoms with E-state index >= 15 is 0 Å². The summed E-state index contributed by atoms with van der Waals surface area (Å²) in [7, 11) is 0. The summed E-state index contributed by atoms with van der Waals surface area (Å²) >= 11 is 2.81. The molecule has 0 atom stereocenters. The Hall–Kier alpha value is -1.14. The molecule has 3 nitrogen and oxygen atoms in total. The Morgan fingerprint density at radius 1 is 1.50 bits per heavy atom. The summed E-state index contributed by atoms with van der Waals surface area (Å²) in [5.74, 6) is 1.03. The Morgan fingerprint density at radius 3 is 2.94 bits per heavy atom. The average Bonchev–Trinajstić information content (AvgIpc) is 2.63. The average molecular weight is 255 g/mol. The van der Waals surface area contributed by atoms with Gasteiger partial charge in [0.1, 0.15) is 11.6 Å². The van der Waals surface area contributed by atoms with Crippen molar-refractivity contribution in [1.29, 1.82) is 0 Å². The van der Waals surface area contributed by atoms with Crippen LogP contribution in [0.5, 0.6) is 0 Å². The number of aromatic nitrogens is 2. The molecule has 2 N–H and O–H groups in total. The third-order valence-electron chi connectivity index (χ3n) is 1.94. The summed E-state index contributed by atoms with van der Waals surface area (Å²) in [6.07, 6.45) is 0. The van der Waals surface area contributed by atoms with Crippen LogP contribution < -0.4 is 5.73 Å². The third kappa shape index (κ3) is 2.70. The molecule has 0 radical (unpaired) electrons. The highest BCUT2D eigenvalue weighted by Gasteiger charge is 2.06. The van der Waals surface area contributed by atoms with Crippen LogP contribution in [-0.2, 0) is 5.75 Å². The maximum Gasteiger partial charge on any atom is 0.170 e. The highest BCUT2D eigenvalue weighted by molar-refractivity contribution is 8.00.